The third-order valence-corrected chi connectivity index (χ3v) is 8.67. The Morgan fingerprint density at radius 3 is 2.27 bits per heavy atom. The van der Waals surface area contributed by atoms with Gasteiger partial charge in [-0.05, 0) is 63.1 Å². The first-order chi connectivity index (χ1) is 17.9. The molecule has 0 N–H and O–H groups in total. The number of fused-ring (bicyclic) bond motifs is 4. The zero-order chi connectivity index (χ0) is 26.2. The molecule has 0 bridgehead atoms. The molecule has 0 aromatic heterocycles. The van der Waals surface area contributed by atoms with Crippen LogP contribution >= 0.6 is 0 Å². The summed E-state index contributed by atoms with van der Waals surface area (Å²) in [5, 5.41) is 2.36. The van der Waals surface area contributed by atoms with E-state index in [-0.39, 0.29) is 5.41 Å². The van der Waals surface area contributed by atoms with Gasteiger partial charge in [0.15, 0.2) is 5.75 Å². The van der Waals surface area contributed by atoms with Crippen molar-refractivity contribution in [3.05, 3.63) is 65.7 Å². The molecule has 2 aliphatic rings. The average Bonchev–Trinajstić information content (AvgIpc) is 3.10. The Morgan fingerprint density at radius 1 is 0.865 bits per heavy atom. The predicted molar refractivity (Wildman–Crippen MR) is 157 cm³/mol. The topological polar surface area (TPSA) is 31.3 Å². The first kappa shape index (κ1) is 25.7. The van der Waals surface area contributed by atoms with Gasteiger partial charge in [-0.2, -0.15) is 0 Å². The first-order valence-corrected chi connectivity index (χ1v) is 14.0. The minimum Gasteiger partial charge on any atom is -0.459 e. The Labute approximate surface area is 222 Å². The van der Waals surface area contributed by atoms with Crippen LogP contribution in [0.4, 0.5) is 11.4 Å². The maximum Gasteiger partial charge on any atom is 0.228 e. The maximum absolute atomic E-state index is 7.35. The highest BCUT2D eigenvalue weighted by atomic mass is 16.5. The van der Waals surface area contributed by atoms with Crippen LogP contribution in [-0.2, 0) is 12.0 Å². The van der Waals surface area contributed by atoms with Crippen molar-refractivity contribution < 1.29 is 4.74 Å². The second kappa shape index (κ2) is 10.1. The highest BCUT2D eigenvalue weighted by molar-refractivity contribution is 6.00. The van der Waals surface area contributed by atoms with Crippen LogP contribution < -0.4 is 9.64 Å². The highest BCUT2D eigenvalue weighted by Crippen LogP contribution is 2.55. The number of likely N-dealkylation sites (N-methyl/N-ethyl adjacent to an activating group) is 1. The monoisotopic (exact) mass is 498 g/mol. The van der Waals surface area contributed by atoms with E-state index in [2.05, 4.69) is 117 Å². The first-order valence-electron chi connectivity index (χ1n) is 14.0. The fourth-order valence-corrected chi connectivity index (χ4v) is 6.18. The third kappa shape index (κ3) is 4.13. The van der Waals surface area contributed by atoms with Crippen molar-refractivity contribution >= 4 is 28.4 Å². The van der Waals surface area contributed by atoms with Crippen LogP contribution in [0.1, 0.15) is 52.7 Å². The van der Waals surface area contributed by atoms with Gasteiger partial charge in [-0.3, -0.25) is 9.89 Å². The second-order valence-corrected chi connectivity index (χ2v) is 10.8. The molecule has 196 valence electrons. The van der Waals surface area contributed by atoms with E-state index >= 15 is 0 Å². The van der Waals surface area contributed by atoms with Crippen LogP contribution in [0.5, 0.6) is 5.75 Å². The molecule has 37 heavy (non-hydrogen) atoms. The van der Waals surface area contributed by atoms with Gasteiger partial charge < -0.3 is 14.5 Å². The molecule has 0 aliphatic carbocycles. The van der Waals surface area contributed by atoms with Crippen LogP contribution in [0.2, 0.25) is 0 Å². The van der Waals surface area contributed by atoms with Crippen molar-refractivity contribution in [1.82, 2.24) is 9.80 Å². The van der Waals surface area contributed by atoms with Gasteiger partial charge in [-0.1, -0.05) is 70.2 Å². The second-order valence-electron chi connectivity index (χ2n) is 10.8. The molecule has 5 heteroatoms. The summed E-state index contributed by atoms with van der Waals surface area (Å²) in [5.41, 5.74) is 3.75. The van der Waals surface area contributed by atoms with E-state index in [9.17, 15) is 0 Å². The smallest absolute Gasteiger partial charge is 0.228 e. The summed E-state index contributed by atoms with van der Waals surface area (Å²) in [6.45, 7) is 20.3. The minimum atomic E-state index is -0.697. The van der Waals surface area contributed by atoms with Crippen LogP contribution in [-0.4, -0.2) is 61.0 Å². The molecule has 3 aromatic rings. The van der Waals surface area contributed by atoms with Crippen molar-refractivity contribution in [1.29, 1.82) is 0 Å². The van der Waals surface area contributed by atoms with E-state index in [4.69, 9.17) is 9.73 Å². The lowest BCUT2D eigenvalue weighted by atomic mass is 9.77. The Bertz CT molecular complexity index is 1290. The van der Waals surface area contributed by atoms with Gasteiger partial charge in [0, 0.05) is 36.3 Å². The third-order valence-electron chi connectivity index (χ3n) is 8.67. The summed E-state index contributed by atoms with van der Waals surface area (Å²) in [6, 6.07) is 19.7. The molecule has 1 unspecified atom stereocenters. The number of anilines is 1. The zero-order valence-electron chi connectivity index (χ0n) is 23.4. The summed E-state index contributed by atoms with van der Waals surface area (Å²) in [7, 11) is 0. The largest absolute Gasteiger partial charge is 0.459 e. The quantitative estimate of drug-likeness (QED) is 0.332. The van der Waals surface area contributed by atoms with Crippen LogP contribution in [0.3, 0.4) is 0 Å². The van der Waals surface area contributed by atoms with E-state index < -0.39 is 5.72 Å². The van der Waals surface area contributed by atoms with Gasteiger partial charge in [-0.25, -0.2) is 0 Å². The van der Waals surface area contributed by atoms with Crippen molar-refractivity contribution in [3.8, 4) is 5.75 Å². The molecule has 0 saturated heterocycles. The highest BCUT2D eigenvalue weighted by Gasteiger charge is 2.59. The lowest BCUT2D eigenvalue weighted by Gasteiger charge is -2.47. The number of ether oxygens (including phenoxy) is 1. The number of rotatable bonds is 9. The summed E-state index contributed by atoms with van der Waals surface area (Å²) >= 11 is 0. The summed E-state index contributed by atoms with van der Waals surface area (Å²) < 4.78 is 7.35. The van der Waals surface area contributed by atoms with E-state index in [0.29, 0.717) is 0 Å². The van der Waals surface area contributed by atoms with Gasteiger partial charge in [0.25, 0.3) is 0 Å². The summed E-state index contributed by atoms with van der Waals surface area (Å²) in [6.07, 6.45) is 2.10. The molecule has 5 rings (SSSR count). The van der Waals surface area contributed by atoms with E-state index in [1.54, 1.807) is 0 Å². The molecular weight excluding hydrogens is 456 g/mol. The Morgan fingerprint density at radius 2 is 1.54 bits per heavy atom. The Hall–Kier alpha value is -2.89. The summed E-state index contributed by atoms with van der Waals surface area (Å²) in [4.78, 5) is 12.7. The molecular formula is C32H42N4O. The van der Waals surface area contributed by atoms with E-state index in [0.717, 1.165) is 62.6 Å². The van der Waals surface area contributed by atoms with E-state index in [1.165, 1.54) is 22.2 Å². The van der Waals surface area contributed by atoms with Crippen LogP contribution in [0.15, 0.2) is 59.6 Å². The maximum atomic E-state index is 7.35. The number of hydrogen-bond donors (Lipinski definition) is 0. The number of hydrogen-bond acceptors (Lipinski definition) is 5. The minimum absolute atomic E-state index is 0.286. The normalized spacial score (nSPS) is 19.6. The van der Waals surface area contributed by atoms with Crippen molar-refractivity contribution in [2.24, 2.45) is 4.99 Å². The SMILES string of the molecule is CCN(CC)CCN1c2ccccc2C(C)(C)C12C=Nc1c(c(CN(CC)CC)cc3ccccc13)O2. The lowest BCUT2D eigenvalue weighted by molar-refractivity contribution is 0.0737. The summed E-state index contributed by atoms with van der Waals surface area (Å²) in [5.74, 6) is 0.932. The predicted octanol–water partition coefficient (Wildman–Crippen LogP) is 6.61. The Kier molecular flexibility index (Phi) is 7.03. The molecule has 0 fully saturated rings. The lowest BCUT2D eigenvalue weighted by Crippen LogP contribution is -2.63. The molecule has 0 radical (unpaired) electrons. The molecule has 3 aromatic carbocycles. The van der Waals surface area contributed by atoms with Crippen molar-refractivity contribution in [2.75, 3.05) is 44.2 Å². The number of nitrogens with zero attached hydrogens (tertiary/aromatic N) is 4. The zero-order valence-corrected chi connectivity index (χ0v) is 23.4. The molecule has 2 heterocycles. The number of para-hydroxylation sites is 1. The molecule has 0 amide bonds. The standard InChI is InChI=1S/C32H42N4O/c1-7-34(8-2)19-20-36-28-18-14-13-17-27(28)31(5,6)32(36)23-33-29-26-16-12-11-15-24(26)21-25(30(29)37-32)22-35(9-3)10-4/h11-18,21,23H,7-10,19-20,22H2,1-6H3. The van der Waals surface area contributed by atoms with Crippen molar-refractivity contribution in [3.63, 3.8) is 0 Å². The number of benzene rings is 3. The molecule has 5 nitrogen and oxygen atoms in total. The molecule has 1 spiro atoms. The van der Waals surface area contributed by atoms with Gasteiger partial charge in [0.2, 0.25) is 5.72 Å². The van der Waals surface area contributed by atoms with Gasteiger partial charge in [0.1, 0.15) is 5.69 Å². The number of aliphatic imine (C=N–C) groups is 1. The van der Waals surface area contributed by atoms with Crippen LogP contribution in [0, 0.1) is 0 Å². The van der Waals surface area contributed by atoms with Gasteiger partial charge in [0.05, 0.1) is 11.6 Å². The fraction of sp³-hybridized carbons (Fsp3) is 0.469. The Balaban J connectivity index is 1.67. The van der Waals surface area contributed by atoms with Crippen LogP contribution in [0.25, 0.3) is 10.8 Å². The fourth-order valence-electron chi connectivity index (χ4n) is 6.18. The molecule has 1 atom stereocenters. The molecule has 0 saturated carbocycles. The van der Waals surface area contributed by atoms with Crippen molar-refractivity contribution in [2.45, 2.75) is 59.2 Å². The van der Waals surface area contributed by atoms with Gasteiger partial charge in [-0.15, -0.1) is 0 Å². The van der Waals surface area contributed by atoms with Gasteiger partial charge >= 0.3 is 0 Å². The molecule has 2 aliphatic heterocycles. The average molecular weight is 499 g/mol. The van der Waals surface area contributed by atoms with E-state index in [1.807, 2.05) is 0 Å².